The molecule has 1 atom stereocenters. The van der Waals surface area contributed by atoms with Crippen molar-refractivity contribution in [1.82, 2.24) is 9.03 Å². The Morgan fingerprint density at radius 3 is 2.42 bits per heavy atom. The Morgan fingerprint density at radius 1 is 1.37 bits per heavy atom. The molecule has 6 nitrogen and oxygen atoms in total. The van der Waals surface area contributed by atoms with Crippen LogP contribution in [0, 0.1) is 0 Å². The zero-order valence-electron chi connectivity index (χ0n) is 10.9. The van der Waals surface area contributed by atoms with Crippen LogP contribution in [-0.4, -0.2) is 36.4 Å². The third kappa shape index (κ3) is 4.62. The second-order valence-electron chi connectivity index (χ2n) is 4.09. The monoisotopic (exact) mass is 286 g/mol. The molecule has 0 aromatic heterocycles. The van der Waals surface area contributed by atoms with Crippen LogP contribution in [0.25, 0.3) is 0 Å². The molecule has 0 spiro atoms. The van der Waals surface area contributed by atoms with E-state index in [0.717, 1.165) is 5.56 Å². The summed E-state index contributed by atoms with van der Waals surface area (Å²) in [5, 5.41) is 8.74. The first-order valence-corrected chi connectivity index (χ1v) is 7.35. The standard InChI is InChI=1S/C12H18N2O4S/c1-3-14(9-11-7-5-4-6-8-11)19(17,18)13-10(2)12(15)16/h4-8,10,13H,3,9H2,1-2H3,(H,15,16). The minimum Gasteiger partial charge on any atom is -0.480 e. The van der Waals surface area contributed by atoms with Crippen LogP contribution in [0.1, 0.15) is 19.4 Å². The molecule has 0 bridgehead atoms. The van der Waals surface area contributed by atoms with Gasteiger partial charge in [0.2, 0.25) is 0 Å². The summed E-state index contributed by atoms with van der Waals surface area (Å²) in [5.74, 6) is -1.21. The molecule has 0 amide bonds. The number of rotatable bonds is 7. The normalized spacial score (nSPS) is 13.4. The summed E-state index contributed by atoms with van der Waals surface area (Å²) in [5.41, 5.74) is 0.845. The summed E-state index contributed by atoms with van der Waals surface area (Å²) in [6.07, 6.45) is 0. The van der Waals surface area contributed by atoms with Gasteiger partial charge in [-0.05, 0) is 12.5 Å². The Kier molecular flexibility index (Phi) is 5.46. The van der Waals surface area contributed by atoms with Crippen molar-refractivity contribution in [3.05, 3.63) is 35.9 Å². The zero-order chi connectivity index (χ0) is 14.5. The Hall–Kier alpha value is -1.44. The van der Waals surface area contributed by atoms with Crippen LogP contribution in [0.3, 0.4) is 0 Å². The van der Waals surface area contributed by atoms with Crippen molar-refractivity contribution in [1.29, 1.82) is 0 Å². The SMILES string of the molecule is CCN(Cc1ccccc1)S(=O)(=O)NC(C)C(=O)O. The van der Waals surface area contributed by atoms with Crippen molar-refractivity contribution in [3.63, 3.8) is 0 Å². The first-order chi connectivity index (χ1) is 8.86. The summed E-state index contributed by atoms with van der Waals surface area (Å²) in [7, 11) is -3.81. The minimum atomic E-state index is -3.81. The largest absolute Gasteiger partial charge is 0.480 e. The lowest BCUT2D eigenvalue weighted by Crippen LogP contribution is -2.46. The van der Waals surface area contributed by atoms with Crippen LogP contribution in [0.4, 0.5) is 0 Å². The summed E-state index contributed by atoms with van der Waals surface area (Å²) < 4.78 is 27.4. The average molecular weight is 286 g/mol. The molecule has 1 aromatic rings. The zero-order valence-corrected chi connectivity index (χ0v) is 11.7. The molecule has 0 aliphatic rings. The molecule has 0 fully saturated rings. The fourth-order valence-electron chi connectivity index (χ4n) is 1.50. The van der Waals surface area contributed by atoms with Gasteiger partial charge in [0.25, 0.3) is 10.2 Å². The Morgan fingerprint density at radius 2 is 1.95 bits per heavy atom. The lowest BCUT2D eigenvalue weighted by atomic mass is 10.2. The van der Waals surface area contributed by atoms with Crippen molar-refractivity contribution >= 4 is 16.2 Å². The second-order valence-corrected chi connectivity index (χ2v) is 5.80. The van der Waals surface area contributed by atoms with E-state index >= 15 is 0 Å². The molecule has 1 rings (SSSR count). The smallest absolute Gasteiger partial charge is 0.321 e. The summed E-state index contributed by atoms with van der Waals surface area (Å²) in [6.45, 7) is 3.46. The lowest BCUT2D eigenvalue weighted by Gasteiger charge is -2.22. The van der Waals surface area contributed by atoms with Crippen molar-refractivity contribution < 1.29 is 18.3 Å². The quantitative estimate of drug-likeness (QED) is 0.777. The maximum atomic E-state index is 12.0. The maximum Gasteiger partial charge on any atom is 0.321 e. The number of hydrogen-bond donors (Lipinski definition) is 2. The number of carbonyl (C=O) groups is 1. The number of aliphatic carboxylic acids is 1. The van der Waals surface area contributed by atoms with Crippen LogP contribution in [0.5, 0.6) is 0 Å². The van der Waals surface area contributed by atoms with Gasteiger partial charge in [0, 0.05) is 13.1 Å². The lowest BCUT2D eigenvalue weighted by molar-refractivity contribution is -0.138. The van der Waals surface area contributed by atoms with Crippen LogP contribution < -0.4 is 4.72 Å². The molecule has 1 unspecified atom stereocenters. The van der Waals surface area contributed by atoms with E-state index in [2.05, 4.69) is 4.72 Å². The highest BCUT2D eigenvalue weighted by Gasteiger charge is 2.25. The van der Waals surface area contributed by atoms with Crippen LogP contribution in [0.2, 0.25) is 0 Å². The fraction of sp³-hybridized carbons (Fsp3) is 0.417. The highest BCUT2D eigenvalue weighted by molar-refractivity contribution is 7.87. The Balaban J connectivity index is 2.81. The van der Waals surface area contributed by atoms with Crippen molar-refractivity contribution in [2.75, 3.05) is 6.54 Å². The molecular formula is C12H18N2O4S. The van der Waals surface area contributed by atoms with Crippen LogP contribution in [-0.2, 0) is 21.5 Å². The molecule has 0 saturated carbocycles. The summed E-state index contributed by atoms with van der Waals surface area (Å²) in [4.78, 5) is 10.7. The van der Waals surface area contributed by atoms with E-state index < -0.39 is 22.2 Å². The first kappa shape index (κ1) is 15.6. The predicted octanol–water partition coefficient (Wildman–Crippen LogP) is 0.816. The molecule has 7 heteroatoms. The van der Waals surface area contributed by atoms with E-state index in [-0.39, 0.29) is 13.1 Å². The van der Waals surface area contributed by atoms with E-state index in [1.807, 2.05) is 30.3 Å². The molecule has 0 saturated heterocycles. The third-order valence-corrected chi connectivity index (χ3v) is 4.31. The van der Waals surface area contributed by atoms with Gasteiger partial charge in [-0.3, -0.25) is 4.79 Å². The number of hydrogen-bond acceptors (Lipinski definition) is 3. The highest BCUT2D eigenvalue weighted by Crippen LogP contribution is 2.08. The van der Waals surface area contributed by atoms with E-state index in [1.165, 1.54) is 11.2 Å². The second kappa shape index (κ2) is 6.65. The Labute approximate surface area is 113 Å². The predicted molar refractivity (Wildman–Crippen MR) is 71.7 cm³/mol. The Bertz CT molecular complexity index is 516. The summed E-state index contributed by atoms with van der Waals surface area (Å²) >= 11 is 0. The van der Waals surface area contributed by atoms with Gasteiger partial charge in [0.1, 0.15) is 6.04 Å². The summed E-state index contributed by atoms with van der Waals surface area (Å²) in [6, 6.07) is 7.97. The van der Waals surface area contributed by atoms with Crippen molar-refractivity contribution in [3.8, 4) is 0 Å². The molecule has 2 N–H and O–H groups in total. The third-order valence-electron chi connectivity index (χ3n) is 2.59. The molecule has 0 aliphatic carbocycles. The topological polar surface area (TPSA) is 86.7 Å². The van der Waals surface area contributed by atoms with Crippen molar-refractivity contribution in [2.24, 2.45) is 0 Å². The molecule has 0 radical (unpaired) electrons. The van der Waals surface area contributed by atoms with Gasteiger partial charge in [-0.25, -0.2) is 0 Å². The molecule has 19 heavy (non-hydrogen) atoms. The van der Waals surface area contributed by atoms with E-state index in [4.69, 9.17) is 5.11 Å². The van der Waals surface area contributed by atoms with Gasteiger partial charge in [0.05, 0.1) is 0 Å². The number of carboxylic acid groups (broad SMARTS) is 1. The number of nitrogens with one attached hydrogen (secondary N) is 1. The number of carboxylic acids is 1. The maximum absolute atomic E-state index is 12.0. The molecule has 0 aliphatic heterocycles. The number of nitrogens with zero attached hydrogens (tertiary/aromatic N) is 1. The van der Waals surface area contributed by atoms with Gasteiger partial charge in [-0.1, -0.05) is 37.3 Å². The molecule has 0 heterocycles. The number of benzene rings is 1. The molecular weight excluding hydrogens is 268 g/mol. The average Bonchev–Trinajstić information content (AvgIpc) is 2.36. The van der Waals surface area contributed by atoms with E-state index in [1.54, 1.807) is 6.92 Å². The van der Waals surface area contributed by atoms with Gasteiger partial charge >= 0.3 is 5.97 Å². The van der Waals surface area contributed by atoms with Gasteiger partial charge < -0.3 is 5.11 Å². The van der Waals surface area contributed by atoms with Crippen LogP contribution in [0.15, 0.2) is 30.3 Å². The van der Waals surface area contributed by atoms with Gasteiger partial charge in [-0.2, -0.15) is 17.4 Å². The van der Waals surface area contributed by atoms with E-state index in [9.17, 15) is 13.2 Å². The van der Waals surface area contributed by atoms with Gasteiger partial charge in [0.15, 0.2) is 0 Å². The highest BCUT2D eigenvalue weighted by atomic mass is 32.2. The van der Waals surface area contributed by atoms with Crippen LogP contribution >= 0.6 is 0 Å². The molecule has 106 valence electrons. The van der Waals surface area contributed by atoms with Gasteiger partial charge in [-0.15, -0.1) is 0 Å². The van der Waals surface area contributed by atoms with E-state index in [0.29, 0.717) is 0 Å². The molecule has 1 aromatic carbocycles. The first-order valence-electron chi connectivity index (χ1n) is 5.91. The minimum absolute atomic E-state index is 0.207. The van der Waals surface area contributed by atoms with Crippen molar-refractivity contribution in [2.45, 2.75) is 26.4 Å². The fourth-order valence-corrected chi connectivity index (χ4v) is 2.86.